The predicted octanol–water partition coefficient (Wildman–Crippen LogP) is 6.13. The fourth-order valence-corrected chi connectivity index (χ4v) is 5.09. The molecule has 0 N–H and O–H groups in total. The zero-order valence-corrected chi connectivity index (χ0v) is 18.8. The Bertz CT molecular complexity index is 718. The molecule has 160 valence electrons. The Kier molecular flexibility index (Phi) is 8.35. The molecule has 0 heterocycles. The number of unbranched alkanes of at least 4 members (excludes halogenated alkanes) is 3. The van der Waals surface area contributed by atoms with E-state index < -0.39 is 9.84 Å². The van der Waals surface area contributed by atoms with Crippen LogP contribution in [-0.2, 0) is 9.84 Å². The molecule has 1 fully saturated rings. The van der Waals surface area contributed by atoms with Gasteiger partial charge in [0, 0.05) is 0 Å². The molecular weight excluding hydrogens is 375 g/mol. The quantitative estimate of drug-likeness (QED) is 0.388. The van der Waals surface area contributed by atoms with Gasteiger partial charge >= 0.3 is 0 Å². The molecule has 0 radical (unpaired) electrons. The van der Waals surface area contributed by atoms with E-state index >= 15 is 0 Å². The lowest BCUT2D eigenvalue weighted by Gasteiger charge is -2.17. The van der Waals surface area contributed by atoms with Crippen LogP contribution in [0.15, 0.2) is 18.2 Å². The molecule has 1 atom stereocenters. The van der Waals surface area contributed by atoms with Gasteiger partial charge in [-0.2, -0.15) is 0 Å². The van der Waals surface area contributed by atoms with Gasteiger partial charge in [-0.15, -0.1) is 0 Å². The molecule has 0 spiro atoms. The zero-order valence-electron chi connectivity index (χ0n) is 18.0. The van der Waals surface area contributed by atoms with Gasteiger partial charge in [-0.1, -0.05) is 53.0 Å². The van der Waals surface area contributed by atoms with Crippen LogP contribution in [0.5, 0.6) is 5.75 Å². The van der Waals surface area contributed by atoms with Gasteiger partial charge in [-0.05, 0) is 60.6 Å². The summed E-state index contributed by atoms with van der Waals surface area (Å²) in [7, 11) is -3.12. The van der Waals surface area contributed by atoms with Crippen molar-refractivity contribution in [2.75, 3.05) is 18.1 Å². The average molecular weight is 413 g/mol. The summed E-state index contributed by atoms with van der Waals surface area (Å²) < 4.78 is 44.5. The van der Waals surface area contributed by atoms with Gasteiger partial charge in [0.1, 0.15) is 0 Å². The molecule has 1 aliphatic rings. The second-order valence-electron chi connectivity index (χ2n) is 9.68. The molecule has 2 rings (SSSR count). The molecule has 0 amide bonds. The minimum Gasteiger partial charge on any atom is -0.490 e. The van der Waals surface area contributed by atoms with E-state index in [4.69, 9.17) is 4.74 Å². The van der Waals surface area contributed by atoms with Crippen LogP contribution >= 0.6 is 0 Å². The van der Waals surface area contributed by atoms with Crippen molar-refractivity contribution < 1.29 is 17.5 Å². The highest BCUT2D eigenvalue weighted by atomic mass is 32.2. The normalized spacial score (nSPS) is 16.2. The van der Waals surface area contributed by atoms with Gasteiger partial charge in [-0.25, -0.2) is 12.8 Å². The maximum Gasteiger partial charge on any atom is 0.165 e. The van der Waals surface area contributed by atoms with Crippen molar-refractivity contribution in [3.8, 4) is 5.75 Å². The van der Waals surface area contributed by atoms with Crippen LogP contribution in [0.25, 0.3) is 0 Å². The van der Waals surface area contributed by atoms with Crippen LogP contribution < -0.4 is 4.74 Å². The third kappa shape index (κ3) is 8.93. The van der Waals surface area contributed by atoms with Crippen LogP contribution in [0.1, 0.15) is 84.1 Å². The summed E-state index contributed by atoms with van der Waals surface area (Å²) >= 11 is 0. The second-order valence-corrected chi connectivity index (χ2v) is 11.9. The summed E-state index contributed by atoms with van der Waals surface area (Å²) in [6, 6.07) is 4.73. The molecule has 1 aromatic rings. The van der Waals surface area contributed by atoms with E-state index in [0.29, 0.717) is 17.9 Å². The van der Waals surface area contributed by atoms with Crippen molar-refractivity contribution in [3.63, 3.8) is 0 Å². The number of hydrogen-bond acceptors (Lipinski definition) is 3. The molecule has 0 unspecified atom stereocenters. The van der Waals surface area contributed by atoms with Crippen molar-refractivity contribution in [2.45, 2.75) is 78.6 Å². The van der Waals surface area contributed by atoms with Crippen LogP contribution in [0, 0.1) is 17.2 Å². The van der Waals surface area contributed by atoms with Crippen molar-refractivity contribution in [3.05, 3.63) is 29.6 Å². The topological polar surface area (TPSA) is 43.4 Å². The first-order chi connectivity index (χ1) is 13.1. The minimum absolute atomic E-state index is 0.0999. The van der Waals surface area contributed by atoms with Gasteiger partial charge in [0.15, 0.2) is 21.4 Å². The highest BCUT2D eigenvalue weighted by Gasteiger charge is 2.23. The van der Waals surface area contributed by atoms with Gasteiger partial charge in [-0.3, -0.25) is 0 Å². The second kappa shape index (κ2) is 10.1. The standard InChI is InChI=1S/C23H37FO3S/c1-18(17-28(25,26)14-8-6-5-7-13-23(2,3)4)20-11-12-21(24)22(15-20)27-16-19-9-10-19/h11-12,15,18-19H,5-10,13-14,16-17H2,1-4H3/t18-/m0/s1. The monoisotopic (exact) mass is 412 g/mol. The van der Waals surface area contributed by atoms with E-state index in [0.717, 1.165) is 44.1 Å². The van der Waals surface area contributed by atoms with Crippen molar-refractivity contribution >= 4 is 9.84 Å². The maximum atomic E-state index is 13.9. The SMILES string of the molecule is C[C@@H](CS(=O)(=O)CCCCCCC(C)(C)C)c1ccc(F)c(OCC2CC2)c1. The smallest absolute Gasteiger partial charge is 0.165 e. The third-order valence-electron chi connectivity index (χ3n) is 5.33. The summed E-state index contributed by atoms with van der Waals surface area (Å²) in [5, 5.41) is 0. The average Bonchev–Trinajstić information content (AvgIpc) is 3.40. The van der Waals surface area contributed by atoms with Gasteiger partial charge in [0.25, 0.3) is 0 Å². The van der Waals surface area contributed by atoms with Crippen molar-refractivity contribution in [1.29, 1.82) is 0 Å². The van der Waals surface area contributed by atoms with Crippen molar-refractivity contribution in [1.82, 2.24) is 0 Å². The fourth-order valence-electron chi connectivity index (χ4n) is 3.32. The third-order valence-corrected chi connectivity index (χ3v) is 7.25. The molecule has 1 saturated carbocycles. The minimum atomic E-state index is -3.12. The van der Waals surface area contributed by atoms with E-state index in [1.54, 1.807) is 12.1 Å². The summed E-state index contributed by atoms with van der Waals surface area (Å²) in [5.41, 5.74) is 1.17. The number of rotatable bonds is 12. The van der Waals surface area contributed by atoms with Gasteiger partial charge in [0.05, 0.1) is 18.1 Å². The summed E-state index contributed by atoms with van der Waals surface area (Å²) in [6.07, 6.45) is 7.38. The first-order valence-corrected chi connectivity index (χ1v) is 12.5. The molecule has 0 aromatic heterocycles. The molecule has 5 heteroatoms. The Morgan fingerprint density at radius 2 is 1.82 bits per heavy atom. The number of ether oxygens (including phenoxy) is 1. The first kappa shape index (κ1) is 23.2. The first-order valence-electron chi connectivity index (χ1n) is 10.7. The van der Waals surface area contributed by atoms with Gasteiger partial charge in [0.2, 0.25) is 0 Å². The van der Waals surface area contributed by atoms with E-state index in [1.165, 1.54) is 12.5 Å². The molecule has 1 aromatic carbocycles. The Hall–Kier alpha value is -1.10. The van der Waals surface area contributed by atoms with Crippen LogP contribution in [-0.4, -0.2) is 26.5 Å². The lowest BCUT2D eigenvalue weighted by molar-refractivity contribution is 0.285. The van der Waals surface area contributed by atoms with E-state index in [9.17, 15) is 12.8 Å². The number of benzene rings is 1. The zero-order chi connectivity index (χ0) is 20.8. The highest BCUT2D eigenvalue weighted by molar-refractivity contribution is 7.91. The summed E-state index contributed by atoms with van der Waals surface area (Å²) in [4.78, 5) is 0. The van der Waals surface area contributed by atoms with Crippen LogP contribution in [0.2, 0.25) is 0 Å². The maximum absolute atomic E-state index is 13.9. The Balaban J connectivity index is 1.78. The molecule has 0 bridgehead atoms. The largest absolute Gasteiger partial charge is 0.490 e. The fraction of sp³-hybridized carbons (Fsp3) is 0.739. The van der Waals surface area contributed by atoms with Crippen LogP contribution in [0.3, 0.4) is 0 Å². The lowest BCUT2D eigenvalue weighted by atomic mass is 9.89. The van der Waals surface area contributed by atoms with E-state index in [1.807, 2.05) is 6.92 Å². The Labute approximate surface area is 171 Å². The Morgan fingerprint density at radius 1 is 1.14 bits per heavy atom. The highest BCUT2D eigenvalue weighted by Crippen LogP contribution is 2.31. The number of halogens is 1. The molecule has 28 heavy (non-hydrogen) atoms. The summed E-state index contributed by atoms with van der Waals surface area (Å²) in [5.74, 6) is 0.572. The summed E-state index contributed by atoms with van der Waals surface area (Å²) in [6.45, 7) is 9.13. The molecule has 3 nitrogen and oxygen atoms in total. The van der Waals surface area contributed by atoms with Crippen LogP contribution in [0.4, 0.5) is 4.39 Å². The predicted molar refractivity (Wildman–Crippen MR) is 114 cm³/mol. The molecular formula is C23H37FO3S. The molecule has 1 aliphatic carbocycles. The number of sulfone groups is 1. The molecule has 0 aliphatic heterocycles. The van der Waals surface area contributed by atoms with Crippen molar-refractivity contribution in [2.24, 2.45) is 11.3 Å². The van der Waals surface area contributed by atoms with Gasteiger partial charge < -0.3 is 4.74 Å². The number of hydrogen-bond donors (Lipinski definition) is 0. The molecule has 0 saturated heterocycles. The lowest BCUT2D eigenvalue weighted by Crippen LogP contribution is -2.16. The Morgan fingerprint density at radius 3 is 2.46 bits per heavy atom. The van der Waals surface area contributed by atoms with E-state index in [2.05, 4.69) is 20.8 Å². The van der Waals surface area contributed by atoms with E-state index in [-0.39, 0.29) is 29.0 Å².